The van der Waals surface area contributed by atoms with Gasteiger partial charge in [0.15, 0.2) is 0 Å². The lowest BCUT2D eigenvalue weighted by atomic mass is 9.75. The highest BCUT2D eigenvalue weighted by Crippen LogP contribution is 2.48. The Morgan fingerprint density at radius 1 is 0.578 bits per heavy atom. The lowest BCUT2D eigenvalue weighted by Gasteiger charge is -2.34. The lowest BCUT2D eigenvalue weighted by molar-refractivity contribution is 0.418. The maximum Gasteiger partial charge on any atom is 0.131 e. The summed E-state index contributed by atoms with van der Waals surface area (Å²) < 4.78 is 106. The van der Waals surface area contributed by atoms with E-state index in [1.54, 1.807) is 19.9 Å². The van der Waals surface area contributed by atoms with Crippen LogP contribution < -0.4 is 4.74 Å². The van der Waals surface area contributed by atoms with Crippen LogP contribution in [0, 0.1) is 0 Å². The average molecular weight is 589 g/mol. The molecule has 1 aliphatic rings. The van der Waals surface area contributed by atoms with Crippen molar-refractivity contribution in [2.75, 3.05) is 0 Å². The number of hydrogen-bond donors (Lipinski definition) is 0. The fourth-order valence-corrected chi connectivity index (χ4v) is 6.44. The molecular weight excluding hydrogens is 546 g/mol. The van der Waals surface area contributed by atoms with Crippen LogP contribution in [0.4, 0.5) is 0 Å². The van der Waals surface area contributed by atoms with Gasteiger partial charge in [-0.25, -0.2) is 0 Å². The van der Waals surface area contributed by atoms with Gasteiger partial charge in [0.05, 0.1) is 26.1 Å². The Kier molecular flexibility index (Phi) is 3.67. The smallest absolute Gasteiger partial charge is 0.131 e. The molecule has 0 atom stereocenters. The molecule has 0 aliphatic carbocycles. The highest BCUT2D eigenvalue weighted by Gasteiger charge is 2.34. The quantitative estimate of drug-likeness (QED) is 0.200. The van der Waals surface area contributed by atoms with Crippen molar-refractivity contribution in [3.63, 3.8) is 0 Å². The Balaban J connectivity index is 1.27. The lowest BCUT2D eigenvalue weighted by Crippen LogP contribution is -2.24. The number of benzene rings is 7. The largest absolute Gasteiger partial charge is 0.457 e. The van der Waals surface area contributed by atoms with Gasteiger partial charge in [0, 0.05) is 38.4 Å². The minimum atomic E-state index is -1.34. The summed E-state index contributed by atoms with van der Waals surface area (Å²) in [4.78, 5) is 0. The summed E-state index contributed by atoms with van der Waals surface area (Å²) in [5.74, 6) is -0.423. The standard InChI is InChI=1S/C43H31NO/c1-43(2)37-14-8-9-15-40(37)45-41-25-22-32(27-38(41)43)29-18-16-28(17-19-29)31-21-24-39-36(26-31)35-23-20-30-10-6-7-13-34(30)42(35)44(39)33-11-4-3-5-12-33/h3-27H,1-2H3/i8D,9D,14D,15D,16D,17D,18D,19D,22D,25D,27D. The minimum Gasteiger partial charge on any atom is -0.457 e. The first-order valence-electron chi connectivity index (χ1n) is 20.2. The summed E-state index contributed by atoms with van der Waals surface area (Å²) in [5.41, 5.74) is 1.49. The van der Waals surface area contributed by atoms with Gasteiger partial charge in [-0.1, -0.05) is 123 Å². The molecule has 0 amide bonds. The van der Waals surface area contributed by atoms with Crippen molar-refractivity contribution in [2.24, 2.45) is 0 Å². The summed E-state index contributed by atoms with van der Waals surface area (Å²) in [6.45, 7) is 3.26. The zero-order chi connectivity index (χ0) is 39.7. The van der Waals surface area contributed by atoms with Gasteiger partial charge in [0.25, 0.3) is 0 Å². The Morgan fingerprint density at radius 2 is 1.29 bits per heavy atom. The highest BCUT2D eigenvalue weighted by molar-refractivity contribution is 6.19. The maximum atomic E-state index is 9.40. The fraction of sp³-hybridized carbons (Fsp3) is 0.0698. The van der Waals surface area contributed by atoms with Gasteiger partial charge in [-0.3, -0.25) is 0 Å². The van der Waals surface area contributed by atoms with Gasteiger partial charge < -0.3 is 9.30 Å². The number of hydrogen-bond acceptors (Lipinski definition) is 1. The molecule has 0 saturated heterocycles. The van der Waals surface area contributed by atoms with Crippen LogP contribution >= 0.6 is 0 Å². The van der Waals surface area contributed by atoms with Crippen LogP contribution in [-0.2, 0) is 5.41 Å². The second-order valence-corrected chi connectivity index (χ2v) is 11.7. The number of ether oxygens (including phenoxy) is 1. The molecule has 0 unspecified atom stereocenters. The summed E-state index contributed by atoms with van der Waals surface area (Å²) in [5, 5.41) is 3.92. The van der Waals surface area contributed by atoms with Crippen molar-refractivity contribution in [3.05, 3.63) is 163 Å². The Hall–Kier alpha value is -5.60. The normalized spacial score (nSPS) is 16.9. The third-order valence-corrected chi connectivity index (χ3v) is 8.72. The zero-order valence-corrected chi connectivity index (χ0v) is 24.4. The van der Waals surface area contributed by atoms with E-state index in [9.17, 15) is 6.85 Å². The molecule has 1 aromatic heterocycles. The van der Waals surface area contributed by atoms with Crippen LogP contribution in [0.5, 0.6) is 11.5 Å². The van der Waals surface area contributed by atoms with Gasteiger partial charge in [-0.05, 0) is 70.0 Å². The molecule has 9 rings (SSSR count). The molecule has 214 valence electrons. The minimum absolute atomic E-state index is 0.0414. The van der Waals surface area contributed by atoms with E-state index in [1.807, 2.05) is 54.6 Å². The SMILES string of the molecule is [2H]c1c([2H])c([2H])c2c(c1[2H])Oc1c([2H])c([2H])c(-c3c([2H])c([2H])c(-c4ccc5c(c4)c4ccc6ccccc6c4n5-c4ccccc4)c([2H])c3[2H])c([2H])c1C2(C)C. The zero-order valence-electron chi connectivity index (χ0n) is 35.4. The van der Waals surface area contributed by atoms with Crippen LogP contribution in [0.15, 0.2) is 151 Å². The molecule has 2 nitrogen and oxygen atoms in total. The summed E-state index contributed by atoms with van der Waals surface area (Å²) in [6.07, 6.45) is 0. The van der Waals surface area contributed by atoms with Crippen molar-refractivity contribution >= 4 is 32.6 Å². The van der Waals surface area contributed by atoms with Gasteiger partial charge >= 0.3 is 0 Å². The molecule has 2 heteroatoms. The summed E-state index contributed by atoms with van der Waals surface area (Å²) >= 11 is 0. The molecular formula is C43H31NO. The second kappa shape index (κ2) is 9.70. The van der Waals surface area contributed by atoms with Crippen LogP contribution in [-0.4, -0.2) is 4.57 Å². The number of nitrogens with zero attached hydrogens (tertiary/aromatic N) is 1. The van der Waals surface area contributed by atoms with Crippen LogP contribution in [0.3, 0.4) is 0 Å². The number of para-hydroxylation sites is 2. The molecule has 45 heavy (non-hydrogen) atoms. The molecule has 0 fully saturated rings. The van der Waals surface area contributed by atoms with E-state index in [0.717, 1.165) is 38.3 Å². The third kappa shape index (κ3) is 3.96. The maximum absolute atomic E-state index is 9.40. The predicted molar refractivity (Wildman–Crippen MR) is 188 cm³/mol. The molecule has 0 radical (unpaired) electrons. The van der Waals surface area contributed by atoms with Crippen LogP contribution in [0.1, 0.15) is 40.1 Å². The third-order valence-electron chi connectivity index (χ3n) is 8.72. The fourth-order valence-electron chi connectivity index (χ4n) is 6.44. The summed E-state index contributed by atoms with van der Waals surface area (Å²) in [7, 11) is 0. The second-order valence-electron chi connectivity index (χ2n) is 11.7. The first kappa shape index (κ1) is 17.0. The van der Waals surface area contributed by atoms with Crippen molar-refractivity contribution in [2.45, 2.75) is 19.3 Å². The van der Waals surface area contributed by atoms with E-state index in [1.165, 1.54) is 0 Å². The predicted octanol–water partition coefficient (Wildman–Crippen LogP) is 11.7. The van der Waals surface area contributed by atoms with Crippen molar-refractivity contribution in [3.8, 4) is 39.4 Å². The average Bonchev–Trinajstić information content (AvgIpc) is 3.53. The van der Waals surface area contributed by atoms with Crippen molar-refractivity contribution in [1.29, 1.82) is 0 Å². The molecule has 0 spiro atoms. The number of fused-ring (bicyclic) bond motifs is 7. The van der Waals surface area contributed by atoms with Crippen molar-refractivity contribution < 1.29 is 19.8 Å². The van der Waals surface area contributed by atoms with E-state index in [-0.39, 0.29) is 63.5 Å². The Morgan fingerprint density at radius 3 is 2.13 bits per heavy atom. The molecule has 1 aliphatic heterocycles. The van der Waals surface area contributed by atoms with Crippen LogP contribution in [0.2, 0.25) is 0 Å². The van der Waals surface area contributed by atoms with Gasteiger partial charge in [-0.2, -0.15) is 0 Å². The van der Waals surface area contributed by atoms with Crippen molar-refractivity contribution in [1.82, 2.24) is 4.57 Å². The monoisotopic (exact) mass is 588 g/mol. The van der Waals surface area contributed by atoms with E-state index in [2.05, 4.69) is 28.8 Å². The van der Waals surface area contributed by atoms with Gasteiger partial charge in [0.1, 0.15) is 11.5 Å². The number of rotatable bonds is 3. The Bertz CT molecular complexity index is 3020. The molecule has 0 N–H and O–H groups in total. The first-order valence-corrected chi connectivity index (χ1v) is 14.7. The van der Waals surface area contributed by atoms with Crippen LogP contribution in [0.25, 0.3) is 60.5 Å². The van der Waals surface area contributed by atoms with E-state index < -0.39 is 47.7 Å². The molecule has 7 aromatic carbocycles. The van der Waals surface area contributed by atoms with E-state index in [4.69, 9.17) is 13.0 Å². The van der Waals surface area contributed by atoms with Gasteiger partial charge in [0.2, 0.25) is 0 Å². The molecule has 0 bridgehead atoms. The highest BCUT2D eigenvalue weighted by atomic mass is 16.5. The molecule has 8 aromatic rings. The number of aromatic nitrogens is 1. The summed E-state index contributed by atoms with van der Waals surface area (Å²) in [6, 6.07) is 22.7. The Labute approximate surface area is 278 Å². The first-order chi connectivity index (χ1) is 26.7. The molecule has 0 saturated carbocycles. The van der Waals surface area contributed by atoms with E-state index in [0.29, 0.717) is 5.56 Å². The molecule has 2 heterocycles. The van der Waals surface area contributed by atoms with E-state index >= 15 is 0 Å². The topological polar surface area (TPSA) is 14.2 Å². The van der Waals surface area contributed by atoms with Gasteiger partial charge in [-0.15, -0.1) is 0 Å².